The van der Waals surface area contributed by atoms with E-state index in [0.717, 1.165) is 61.5 Å². The Labute approximate surface area is 212 Å². The largest absolute Gasteiger partial charge is 0.497 e. The molecule has 184 valence electrons. The van der Waals surface area contributed by atoms with E-state index in [9.17, 15) is 4.79 Å². The molecule has 1 aliphatic carbocycles. The number of benzene rings is 2. The highest BCUT2D eigenvalue weighted by Crippen LogP contribution is 2.36. The number of hydrogen-bond donors (Lipinski definition) is 0. The molecule has 2 aromatic carbocycles. The van der Waals surface area contributed by atoms with E-state index >= 15 is 0 Å². The maximum atomic E-state index is 13.9. The van der Waals surface area contributed by atoms with E-state index < -0.39 is 0 Å². The number of halogens is 1. The molecule has 1 unspecified atom stereocenters. The summed E-state index contributed by atoms with van der Waals surface area (Å²) in [5.41, 5.74) is 2.51. The predicted octanol–water partition coefficient (Wildman–Crippen LogP) is 5.34. The molecule has 2 fully saturated rings. The van der Waals surface area contributed by atoms with Gasteiger partial charge in [-0.1, -0.05) is 55.1 Å². The van der Waals surface area contributed by atoms with Gasteiger partial charge in [0, 0.05) is 24.2 Å². The topological polar surface area (TPSA) is 54.4 Å². The van der Waals surface area contributed by atoms with Crippen molar-refractivity contribution < 1.29 is 14.3 Å². The SMILES string of the molecule is COc1ccc(/C=C2\N=C(C(c3ccc(Cl)cc3)N3CCOCC3)N(C3CCCCC3)C2=O)cc1. The summed E-state index contributed by atoms with van der Waals surface area (Å²) in [5.74, 6) is 1.61. The van der Waals surface area contributed by atoms with Crippen LogP contribution in [0.15, 0.2) is 59.2 Å². The van der Waals surface area contributed by atoms with Crippen molar-refractivity contribution in [3.63, 3.8) is 0 Å². The Bertz CT molecular complexity index is 1090. The smallest absolute Gasteiger partial charge is 0.278 e. The minimum absolute atomic E-state index is 0.00468. The zero-order valence-electron chi connectivity index (χ0n) is 20.2. The van der Waals surface area contributed by atoms with Crippen molar-refractivity contribution in [1.29, 1.82) is 0 Å². The Morgan fingerprint density at radius 3 is 2.37 bits per heavy atom. The van der Waals surface area contributed by atoms with Crippen molar-refractivity contribution in [3.05, 3.63) is 70.4 Å². The molecule has 1 atom stereocenters. The number of ether oxygens (including phenoxy) is 2. The number of hydrogen-bond acceptors (Lipinski definition) is 5. The molecule has 1 amide bonds. The average Bonchev–Trinajstić information content (AvgIpc) is 3.22. The molecular formula is C28H32ClN3O3. The number of amidine groups is 1. The number of carbonyl (C=O) groups is 1. The second kappa shape index (κ2) is 10.9. The number of amides is 1. The minimum Gasteiger partial charge on any atom is -0.497 e. The van der Waals surface area contributed by atoms with Gasteiger partial charge < -0.3 is 9.47 Å². The lowest BCUT2D eigenvalue weighted by Crippen LogP contribution is -2.50. The second-order valence-electron chi connectivity index (χ2n) is 9.34. The van der Waals surface area contributed by atoms with E-state index in [-0.39, 0.29) is 18.0 Å². The second-order valence-corrected chi connectivity index (χ2v) is 9.78. The van der Waals surface area contributed by atoms with Gasteiger partial charge in [-0.3, -0.25) is 14.6 Å². The van der Waals surface area contributed by atoms with Gasteiger partial charge in [-0.25, -0.2) is 4.99 Å². The monoisotopic (exact) mass is 493 g/mol. The first-order valence-electron chi connectivity index (χ1n) is 12.5. The van der Waals surface area contributed by atoms with Gasteiger partial charge in [-0.05, 0) is 54.3 Å². The van der Waals surface area contributed by atoms with Crippen LogP contribution < -0.4 is 4.74 Å². The van der Waals surface area contributed by atoms with Gasteiger partial charge in [0.1, 0.15) is 17.3 Å². The molecule has 1 saturated carbocycles. The summed E-state index contributed by atoms with van der Waals surface area (Å²) < 4.78 is 10.9. The van der Waals surface area contributed by atoms with E-state index in [1.54, 1.807) is 7.11 Å². The molecule has 0 aromatic heterocycles. The fourth-order valence-corrected chi connectivity index (χ4v) is 5.42. The molecule has 2 aromatic rings. The van der Waals surface area contributed by atoms with Gasteiger partial charge in [0.2, 0.25) is 0 Å². The Morgan fingerprint density at radius 1 is 1.03 bits per heavy atom. The van der Waals surface area contributed by atoms with Crippen LogP contribution in [-0.4, -0.2) is 61.0 Å². The maximum Gasteiger partial charge on any atom is 0.278 e. The van der Waals surface area contributed by atoms with Crippen LogP contribution in [0.4, 0.5) is 0 Å². The van der Waals surface area contributed by atoms with Gasteiger partial charge in [0.25, 0.3) is 5.91 Å². The normalized spacial score (nSPS) is 21.9. The third-order valence-electron chi connectivity index (χ3n) is 7.12. The fourth-order valence-electron chi connectivity index (χ4n) is 5.29. The number of methoxy groups -OCH3 is 1. The number of carbonyl (C=O) groups excluding carboxylic acids is 1. The molecule has 0 bridgehead atoms. The number of nitrogens with zero attached hydrogens (tertiary/aromatic N) is 3. The zero-order chi connectivity index (χ0) is 24.2. The van der Waals surface area contributed by atoms with E-state index in [0.29, 0.717) is 23.9 Å². The summed E-state index contributed by atoms with van der Waals surface area (Å²) >= 11 is 6.22. The Balaban J connectivity index is 1.57. The summed E-state index contributed by atoms with van der Waals surface area (Å²) in [7, 11) is 1.65. The Hall–Kier alpha value is -2.67. The summed E-state index contributed by atoms with van der Waals surface area (Å²) in [5, 5.41) is 0.697. The number of morpholine rings is 1. The van der Waals surface area contributed by atoms with Crippen LogP contribution >= 0.6 is 11.6 Å². The van der Waals surface area contributed by atoms with Crippen LogP contribution in [0.5, 0.6) is 5.75 Å². The van der Waals surface area contributed by atoms with Crippen LogP contribution in [0.3, 0.4) is 0 Å². The van der Waals surface area contributed by atoms with Crippen molar-refractivity contribution in [1.82, 2.24) is 9.80 Å². The Kier molecular flexibility index (Phi) is 7.51. The summed E-state index contributed by atoms with van der Waals surface area (Å²) in [6.07, 6.45) is 7.42. The van der Waals surface area contributed by atoms with E-state index in [1.165, 1.54) is 6.42 Å². The lowest BCUT2D eigenvalue weighted by molar-refractivity contribution is -0.124. The van der Waals surface area contributed by atoms with Gasteiger partial charge in [0.15, 0.2) is 0 Å². The molecule has 0 radical (unpaired) electrons. The molecule has 6 nitrogen and oxygen atoms in total. The van der Waals surface area contributed by atoms with Crippen LogP contribution in [0.2, 0.25) is 5.02 Å². The van der Waals surface area contributed by atoms with Crippen molar-refractivity contribution in [3.8, 4) is 5.75 Å². The number of rotatable bonds is 6. The standard InChI is InChI=1S/C28H32ClN3O3/c1-34-24-13-7-20(8-14-24)19-25-28(33)32(23-5-3-2-4-6-23)27(30-25)26(31-15-17-35-18-16-31)21-9-11-22(29)12-10-21/h7-14,19,23,26H,2-6,15-18H2,1H3/b25-19-. The molecule has 0 spiro atoms. The molecule has 3 aliphatic rings. The number of aliphatic imine (C=N–C) groups is 1. The van der Waals surface area contributed by atoms with Crippen LogP contribution in [0, 0.1) is 0 Å². The van der Waals surface area contributed by atoms with E-state index in [1.807, 2.05) is 47.4 Å². The van der Waals surface area contributed by atoms with Gasteiger partial charge in [-0.2, -0.15) is 0 Å². The van der Waals surface area contributed by atoms with Gasteiger partial charge in [0.05, 0.1) is 26.4 Å². The van der Waals surface area contributed by atoms with Crippen LogP contribution in [-0.2, 0) is 9.53 Å². The predicted molar refractivity (Wildman–Crippen MR) is 139 cm³/mol. The van der Waals surface area contributed by atoms with E-state index in [4.69, 9.17) is 26.1 Å². The third kappa shape index (κ3) is 5.30. The third-order valence-corrected chi connectivity index (χ3v) is 7.37. The van der Waals surface area contributed by atoms with Crippen LogP contribution in [0.25, 0.3) is 6.08 Å². The lowest BCUT2D eigenvalue weighted by Gasteiger charge is -2.39. The lowest BCUT2D eigenvalue weighted by atomic mass is 9.93. The van der Waals surface area contributed by atoms with Gasteiger partial charge >= 0.3 is 0 Å². The molecular weight excluding hydrogens is 462 g/mol. The molecule has 0 N–H and O–H groups in total. The van der Waals surface area contributed by atoms with Crippen molar-refractivity contribution in [2.24, 2.45) is 4.99 Å². The highest BCUT2D eigenvalue weighted by molar-refractivity contribution is 6.30. The Morgan fingerprint density at radius 2 is 1.71 bits per heavy atom. The fraction of sp³-hybridized carbons (Fsp3) is 0.429. The minimum atomic E-state index is -0.135. The highest BCUT2D eigenvalue weighted by atomic mass is 35.5. The highest BCUT2D eigenvalue weighted by Gasteiger charge is 2.42. The average molecular weight is 494 g/mol. The molecule has 2 aliphatic heterocycles. The van der Waals surface area contributed by atoms with Crippen molar-refractivity contribution in [2.75, 3.05) is 33.4 Å². The van der Waals surface area contributed by atoms with Gasteiger partial charge in [-0.15, -0.1) is 0 Å². The first-order valence-corrected chi connectivity index (χ1v) is 12.9. The first-order chi connectivity index (χ1) is 17.1. The molecule has 35 heavy (non-hydrogen) atoms. The summed E-state index contributed by atoms with van der Waals surface area (Å²) in [6.45, 7) is 2.92. The quantitative estimate of drug-likeness (QED) is 0.510. The van der Waals surface area contributed by atoms with Crippen LogP contribution in [0.1, 0.15) is 49.3 Å². The summed E-state index contributed by atoms with van der Waals surface area (Å²) in [4.78, 5) is 23.3. The van der Waals surface area contributed by atoms with Crippen molar-refractivity contribution >= 4 is 29.4 Å². The molecule has 1 saturated heterocycles. The molecule has 2 heterocycles. The molecule has 5 rings (SSSR count). The summed E-state index contributed by atoms with van der Waals surface area (Å²) in [6, 6.07) is 15.7. The van der Waals surface area contributed by atoms with Crippen molar-refractivity contribution in [2.45, 2.75) is 44.2 Å². The van der Waals surface area contributed by atoms with E-state index in [2.05, 4.69) is 17.0 Å². The maximum absolute atomic E-state index is 13.9. The zero-order valence-corrected chi connectivity index (χ0v) is 20.9. The molecule has 7 heteroatoms. The first kappa shape index (κ1) is 24.0.